The van der Waals surface area contributed by atoms with E-state index in [1.165, 1.54) is 17.2 Å². The maximum absolute atomic E-state index is 13.3. The molecule has 0 spiro atoms. The summed E-state index contributed by atoms with van der Waals surface area (Å²) in [6.45, 7) is 0.888. The highest BCUT2D eigenvalue weighted by molar-refractivity contribution is 5.94. The van der Waals surface area contributed by atoms with E-state index < -0.39 is 11.6 Å². The number of ether oxygens (including phenoxy) is 1. The van der Waals surface area contributed by atoms with Crippen molar-refractivity contribution < 1.29 is 23.1 Å². The maximum atomic E-state index is 13.3. The van der Waals surface area contributed by atoms with Crippen molar-refractivity contribution in [3.63, 3.8) is 0 Å². The van der Waals surface area contributed by atoms with Gasteiger partial charge < -0.3 is 14.5 Å². The second-order valence-corrected chi connectivity index (χ2v) is 6.82. The molecule has 1 aromatic carbocycles. The van der Waals surface area contributed by atoms with Crippen molar-refractivity contribution in [2.45, 2.75) is 18.9 Å². The number of hydrogen-bond acceptors (Lipinski definition) is 4. The minimum atomic E-state index is -1.04. The van der Waals surface area contributed by atoms with Gasteiger partial charge in [0.05, 0.1) is 5.56 Å². The Hall–Kier alpha value is -3.03. The van der Waals surface area contributed by atoms with E-state index >= 15 is 0 Å². The Morgan fingerprint density at radius 1 is 1.07 bits per heavy atom. The summed E-state index contributed by atoms with van der Waals surface area (Å²) < 4.78 is 32.2. The molecule has 0 unspecified atom stereocenters. The number of likely N-dealkylation sites (tertiary alicyclic amines) is 1. The molecule has 1 aromatic heterocycles. The SMILES string of the molecule is CN(C)C(=O)c1ccc(OC2CCN(C(=O)c3ccc(F)c(F)c3)CC2)nc1. The van der Waals surface area contributed by atoms with Gasteiger partial charge in [0.15, 0.2) is 11.6 Å². The minimum Gasteiger partial charge on any atom is -0.474 e. The quantitative estimate of drug-likeness (QED) is 0.807. The van der Waals surface area contributed by atoms with E-state index in [2.05, 4.69) is 4.98 Å². The monoisotopic (exact) mass is 389 g/mol. The van der Waals surface area contributed by atoms with Crippen molar-refractivity contribution in [2.24, 2.45) is 0 Å². The number of aromatic nitrogens is 1. The van der Waals surface area contributed by atoms with Gasteiger partial charge in [0.2, 0.25) is 5.88 Å². The average molecular weight is 389 g/mol. The Bertz CT molecular complexity index is 863. The van der Waals surface area contributed by atoms with Crippen LogP contribution in [0.4, 0.5) is 8.78 Å². The molecule has 6 nitrogen and oxygen atoms in total. The normalized spacial score (nSPS) is 14.6. The molecular weight excluding hydrogens is 368 g/mol. The van der Waals surface area contributed by atoms with Crippen molar-refractivity contribution in [1.29, 1.82) is 0 Å². The zero-order chi connectivity index (χ0) is 20.3. The number of amides is 2. The maximum Gasteiger partial charge on any atom is 0.254 e. The molecule has 2 heterocycles. The topological polar surface area (TPSA) is 62.7 Å². The first kappa shape index (κ1) is 19.7. The van der Waals surface area contributed by atoms with Crippen LogP contribution >= 0.6 is 0 Å². The summed E-state index contributed by atoms with van der Waals surface area (Å²) in [7, 11) is 3.34. The van der Waals surface area contributed by atoms with Crippen LogP contribution in [0, 0.1) is 11.6 Å². The standard InChI is InChI=1S/C20H21F2N3O3/c1-24(2)19(26)14-4-6-18(23-12-14)28-15-7-9-25(10-8-15)20(27)13-3-5-16(21)17(22)11-13/h3-6,11-12,15H,7-10H2,1-2H3. The summed E-state index contributed by atoms with van der Waals surface area (Å²) in [5.41, 5.74) is 0.602. The lowest BCUT2D eigenvalue weighted by Crippen LogP contribution is -2.41. The fraction of sp³-hybridized carbons (Fsp3) is 0.350. The summed E-state index contributed by atoms with van der Waals surface area (Å²) in [5, 5.41) is 0. The molecule has 0 saturated carbocycles. The molecule has 0 radical (unpaired) electrons. The molecular formula is C20H21F2N3O3. The van der Waals surface area contributed by atoms with Crippen LogP contribution in [0.25, 0.3) is 0 Å². The van der Waals surface area contributed by atoms with Gasteiger partial charge in [0, 0.05) is 57.9 Å². The molecule has 0 aliphatic carbocycles. The Morgan fingerprint density at radius 2 is 1.75 bits per heavy atom. The van der Waals surface area contributed by atoms with Gasteiger partial charge in [-0.2, -0.15) is 0 Å². The largest absolute Gasteiger partial charge is 0.474 e. The Kier molecular flexibility index (Phi) is 5.87. The highest BCUT2D eigenvalue weighted by atomic mass is 19.2. The number of nitrogens with zero attached hydrogens (tertiary/aromatic N) is 3. The lowest BCUT2D eigenvalue weighted by molar-refractivity contribution is 0.0587. The van der Waals surface area contributed by atoms with Crippen molar-refractivity contribution in [3.05, 3.63) is 59.3 Å². The number of piperidine rings is 1. The summed E-state index contributed by atoms with van der Waals surface area (Å²) in [6, 6.07) is 6.46. The van der Waals surface area contributed by atoms with Gasteiger partial charge in [0.25, 0.3) is 11.8 Å². The van der Waals surface area contributed by atoms with Gasteiger partial charge in [-0.1, -0.05) is 0 Å². The third kappa shape index (κ3) is 4.44. The van der Waals surface area contributed by atoms with E-state index in [-0.39, 0.29) is 23.5 Å². The molecule has 2 aromatic rings. The van der Waals surface area contributed by atoms with E-state index in [0.29, 0.717) is 37.4 Å². The lowest BCUT2D eigenvalue weighted by Gasteiger charge is -2.32. The van der Waals surface area contributed by atoms with Crippen LogP contribution < -0.4 is 4.74 Å². The van der Waals surface area contributed by atoms with Crippen molar-refractivity contribution in [1.82, 2.24) is 14.8 Å². The predicted molar refractivity (Wildman–Crippen MR) is 98.2 cm³/mol. The Morgan fingerprint density at radius 3 is 2.32 bits per heavy atom. The Labute approximate surface area is 161 Å². The molecule has 0 bridgehead atoms. The van der Waals surface area contributed by atoms with Gasteiger partial charge in [-0.3, -0.25) is 9.59 Å². The summed E-state index contributed by atoms with van der Waals surface area (Å²) in [5.74, 6) is -2.06. The molecule has 148 valence electrons. The smallest absolute Gasteiger partial charge is 0.254 e. The van der Waals surface area contributed by atoms with Gasteiger partial charge in [-0.05, 0) is 24.3 Å². The van der Waals surface area contributed by atoms with E-state index in [0.717, 1.165) is 12.1 Å². The number of pyridine rings is 1. The van der Waals surface area contributed by atoms with Gasteiger partial charge in [0.1, 0.15) is 6.10 Å². The molecule has 0 N–H and O–H groups in total. The predicted octanol–water partition coefficient (Wildman–Crippen LogP) is 2.75. The third-order valence-electron chi connectivity index (χ3n) is 4.57. The highest BCUT2D eigenvalue weighted by Gasteiger charge is 2.25. The molecule has 1 aliphatic rings. The van der Waals surface area contributed by atoms with E-state index in [1.54, 1.807) is 31.1 Å². The van der Waals surface area contributed by atoms with Gasteiger partial charge in [-0.25, -0.2) is 13.8 Å². The third-order valence-corrected chi connectivity index (χ3v) is 4.57. The zero-order valence-corrected chi connectivity index (χ0v) is 15.7. The van der Waals surface area contributed by atoms with Crippen LogP contribution in [-0.2, 0) is 0 Å². The number of halogens is 2. The Balaban J connectivity index is 1.54. The molecule has 1 fully saturated rings. The first-order chi connectivity index (χ1) is 13.3. The van der Waals surface area contributed by atoms with Crippen LogP contribution in [-0.4, -0.2) is 59.9 Å². The first-order valence-corrected chi connectivity index (χ1v) is 8.94. The molecule has 0 atom stereocenters. The second-order valence-electron chi connectivity index (χ2n) is 6.82. The van der Waals surface area contributed by atoms with E-state index in [1.807, 2.05) is 0 Å². The van der Waals surface area contributed by atoms with Gasteiger partial charge >= 0.3 is 0 Å². The number of rotatable bonds is 4. The lowest BCUT2D eigenvalue weighted by atomic mass is 10.1. The van der Waals surface area contributed by atoms with Crippen LogP contribution in [0.2, 0.25) is 0 Å². The van der Waals surface area contributed by atoms with Crippen LogP contribution in [0.1, 0.15) is 33.6 Å². The molecule has 1 saturated heterocycles. The number of carbonyl (C=O) groups excluding carboxylic acids is 2. The summed E-state index contributed by atoms with van der Waals surface area (Å²) >= 11 is 0. The second kappa shape index (κ2) is 8.33. The molecule has 3 rings (SSSR count). The van der Waals surface area contributed by atoms with Gasteiger partial charge in [-0.15, -0.1) is 0 Å². The summed E-state index contributed by atoms with van der Waals surface area (Å²) in [6.07, 6.45) is 2.54. The number of benzene rings is 1. The fourth-order valence-electron chi connectivity index (χ4n) is 2.99. The molecule has 28 heavy (non-hydrogen) atoms. The van der Waals surface area contributed by atoms with Crippen LogP contribution in [0.15, 0.2) is 36.5 Å². The minimum absolute atomic E-state index is 0.114. The van der Waals surface area contributed by atoms with E-state index in [4.69, 9.17) is 4.74 Å². The highest BCUT2D eigenvalue weighted by Crippen LogP contribution is 2.20. The first-order valence-electron chi connectivity index (χ1n) is 8.94. The fourth-order valence-corrected chi connectivity index (χ4v) is 2.99. The van der Waals surface area contributed by atoms with E-state index in [9.17, 15) is 18.4 Å². The summed E-state index contributed by atoms with van der Waals surface area (Å²) in [4.78, 5) is 31.5. The van der Waals surface area contributed by atoms with Crippen LogP contribution in [0.3, 0.4) is 0 Å². The van der Waals surface area contributed by atoms with Crippen molar-refractivity contribution in [2.75, 3.05) is 27.2 Å². The number of hydrogen-bond donors (Lipinski definition) is 0. The number of carbonyl (C=O) groups is 2. The molecule has 1 aliphatic heterocycles. The van der Waals surface area contributed by atoms with Crippen molar-refractivity contribution in [3.8, 4) is 5.88 Å². The van der Waals surface area contributed by atoms with Crippen LogP contribution in [0.5, 0.6) is 5.88 Å². The zero-order valence-electron chi connectivity index (χ0n) is 15.7. The average Bonchev–Trinajstić information content (AvgIpc) is 2.70. The molecule has 8 heteroatoms. The van der Waals surface area contributed by atoms with Crippen molar-refractivity contribution >= 4 is 11.8 Å². The molecule has 2 amide bonds.